The fourth-order valence-corrected chi connectivity index (χ4v) is 4.28. The third kappa shape index (κ3) is 5.93. The Hall–Kier alpha value is -2.16. The summed E-state index contributed by atoms with van der Waals surface area (Å²) in [6.07, 6.45) is -20.3. The van der Waals surface area contributed by atoms with E-state index in [-0.39, 0.29) is 0 Å². The van der Waals surface area contributed by atoms with Crippen LogP contribution in [0.25, 0.3) is 0 Å². The Kier molecular flexibility index (Phi) is 6.85. The van der Waals surface area contributed by atoms with Crippen LogP contribution in [0.5, 0.6) is 0 Å². The van der Waals surface area contributed by atoms with Crippen molar-refractivity contribution in [1.82, 2.24) is 0 Å². The van der Waals surface area contributed by atoms with Crippen LogP contribution in [0.15, 0.2) is 70.5 Å². The summed E-state index contributed by atoms with van der Waals surface area (Å²) in [4.78, 5) is -1.74. The van der Waals surface area contributed by atoms with Gasteiger partial charge in [-0.05, 0) is 24.3 Å². The minimum Gasteiger partial charge on any atom is -0.250 e. The van der Waals surface area contributed by atoms with Gasteiger partial charge in [-0.2, -0.15) is 43.2 Å². The van der Waals surface area contributed by atoms with Crippen LogP contribution in [-0.2, 0) is 28.6 Å². The number of hydrogen-bond acceptors (Lipinski definition) is 6. The van der Waals surface area contributed by atoms with Gasteiger partial charge in [0.1, 0.15) is 0 Å². The third-order valence-corrected chi connectivity index (χ3v) is 6.07. The van der Waals surface area contributed by atoms with Crippen molar-refractivity contribution in [3.63, 3.8) is 0 Å². The van der Waals surface area contributed by atoms with Crippen molar-refractivity contribution in [1.29, 1.82) is 0 Å². The van der Waals surface area contributed by atoms with Crippen LogP contribution in [0, 0.1) is 0 Å². The molecule has 0 fully saturated rings. The maximum Gasteiger partial charge on any atom is 0.419 e. The first-order valence-corrected chi connectivity index (χ1v) is 10.6. The molecular weight excluding hydrogens is 466 g/mol. The SMILES string of the molecule is O=S(=O)(OC(C(OS(=O)(=O)c1ccccc1)C(F)(F)F)C(F)(F)F)c1ccccc1. The van der Waals surface area contributed by atoms with Crippen molar-refractivity contribution < 1.29 is 51.5 Å². The van der Waals surface area contributed by atoms with Gasteiger partial charge in [0.05, 0.1) is 9.79 Å². The molecule has 2 aromatic rings. The lowest BCUT2D eigenvalue weighted by Gasteiger charge is -2.29. The molecule has 0 aliphatic heterocycles. The summed E-state index contributed by atoms with van der Waals surface area (Å²) < 4.78 is 136. The van der Waals surface area contributed by atoms with Gasteiger partial charge in [-0.15, -0.1) is 0 Å². The lowest BCUT2D eigenvalue weighted by Crippen LogP contribution is -2.52. The lowest BCUT2D eigenvalue weighted by atomic mass is 10.2. The molecular formula is C16H12F6O6S2. The lowest BCUT2D eigenvalue weighted by molar-refractivity contribution is -0.278. The van der Waals surface area contributed by atoms with Crippen LogP contribution in [-0.4, -0.2) is 41.4 Å². The molecule has 2 aromatic carbocycles. The molecule has 2 atom stereocenters. The Bertz CT molecular complexity index is 963. The zero-order valence-electron chi connectivity index (χ0n) is 14.5. The van der Waals surface area contributed by atoms with E-state index < -0.39 is 54.6 Å². The second-order valence-corrected chi connectivity index (χ2v) is 8.80. The third-order valence-electron chi connectivity index (χ3n) is 3.44. The van der Waals surface area contributed by atoms with Gasteiger partial charge in [-0.25, -0.2) is 0 Å². The molecule has 0 heterocycles. The fraction of sp³-hybridized carbons (Fsp3) is 0.250. The van der Waals surface area contributed by atoms with Crippen molar-refractivity contribution in [2.24, 2.45) is 0 Å². The molecule has 0 N–H and O–H groups in total. The zero-order valence-corrected chi connectivity index (χ0v) is 16.1. The summed E-state index contributed by atoms with van der Waals surface area (Å²) in [5.74, 6) is 0. The molecule has 0 radical (unpaired) electrons. The number of hydrogen-bond donors (Lipinski definition) is 0. The standard InChI is InChI=1S/C16H12F6O6S2/c17-15(18,19)13(27-29(23,24)11-7-3-1-4-8-11)14(16(20,21)22)28-30(25,26)12-9-5-2-6-10-12/h1-10,13-14H. The summed E-state index contributed by atoms with van der Waals surface area (Å²) in [7, 11) is -10.7. The molecule has 0 aromatic heterocycles. The summed E-state index contributed by atoms with van der Waals surface area (Å²) in [6, 6.07) is 10.1. The van der Waals surface area contributed by atoms with Gasteiger partial charge in [-0.3, -0.25) is 8.37 Å². The fourth-order valence-electron chi connectivity index (χ4n) is 2.11. The van der Waals surface area contributed by atoms with Crippen molar-refractivity contribution in [3.8, 4) is 0 Å². The van der Waals surface area contributed by atoms with E-state index in [0.717, 1.165) is 48.5 Å². The Morgan fingerprint density at radius 1 is 0.567 bits per heavy atom. The van der Waals surface area contributed by atoms with Crippen LogP contribution in [0.1, 0.15) is 0 Å². The highest BCUT2D eigenvalue weighted by atomic mass is 32.2. The summed E-state index contributed by atoms with van der Waals surface area (Å²) in [6.45, 7) is 0. The van der Waals surface area contributed by atoms with Crippen molar-refractivity contribution in [2.45, 2.75) is 34.4 Å². The van der Waals surface area contributed by atoms with Gasteiger partial charge in [0.15, 0.2) is 0 Å². The van der Waals surface area contributed by atoms with E-state index in [2.05, 4.69) is 8.37 Å². The Morgan fingerprint density at radius 2 is 0.833 bits per heavy atom. The Labute approximate surface area is 167 Å². The number of alkyl halides is 6. The molecule has 2 unspecified atom stereocenters. The van der Waals surface area contributed by atoms with Gasteiger partial charge in [0.2, 0.25) is 12.2 Å². The van der Waals surface area contributed by atoms with Crippen molar-refractivity contribution >= 4 is 20.2 Å². The highest BCUT2D eigenvalue weighted by Crippen LogP contribution is 2.38. The first kappa shape index (κ1) is 24.1. The molecule has 0 saturated carbocycles. The summed E-state index contributed by atoms with van der Waals surface area (Å²) >= 11 is 0. The summed E-state index contributed by atoms with van der Waals surface area (Å²) in [5.41, 5.74) is 0. The average molecular weight is 478 g/mol. The predicted octanol–water partition coefficient (Wildman–Crippen LogP) is 3.66. The molecule has 166 valence electrons. The first-order chi connectivity index (χ1) is 13.6. The van der Waals surface area contributed by atoms with Crippen LogP contribution >= 0.6 is 0 Å². The average Bonchev–Trinajstić information content (AvgIpc) is 2.64. The van der Waals surface area contributed by atoms with Crippen LogP contribution in [0.4, 0.5) is 26.3 Å². The van der Waals surface area contributed by atoms with E-state index in [0.29, 0.717) is 0 Å². The first-order valence-electron chi connectivity index (χ1n) is 7.75. The Morgan fingerprint density at radius 3 is 1.07 bits per heavy atom. The van der Waals surface area contributed by atoms with Crippen molar-refractivity contribution in [2.75, 3.05) is 0 Å². The van der Waals surface area contributed by atoms with Gasteiger partial charge >= 0.3 is 12.4 Å². The molecule has 0 aliphatic carbocycles. The predicted molar refractivity (Wildman–Crippen MR) is 89.1 cm³/mol. The minimum absolute atomic E-state index is 0.785. The van der Waals surface area contributed by atoms with Gasteiger partial charge < -0.3 is 0 Å². The molecule has 0 saturated heterocycles. The van der Waals surface area contributed by atoms with Crippen LogP contribution in [0.3, 0.4) is 0 Å². The maximum atomic E-state index is 13.4. The normalized spacial score (nSPS) is 15.5. The largest absolute Gasteiger partial charge is 0.419 e. The minimum atomic E-state index is -5.96. The molecule has 0 bridgehead atoms. The highest BCUT2D eigenvalue weighted by Gasteiger charge is 2.60. The van der Waals surface area contributed by atoms with Gasteiger partial charge in [-0.1, -0.05) is 36.4 Å². The van der Waals surface area contributed by atoms with E-state index in [4.69, 9.17) is 0 Å². The second kappa shape index (κ2) is 8.53. The topological polar surface area (TPSA) is 86.7 Å². The quantitative estimate of drug-likeness (QED) is 0.446. The molecule has 14 heteroatoms. The zero-order chi connectivity index (χ0) is 22.8. The van der Waals surface area contributed by atoms with Crippen LogP contribution < -0.4 is 0 Å². The molecule has 2 rings (SSSR count). The molecule has 0 amide bonds. The monoisotopic (exact) mass is 478 g/mol. The molecule has 30 heavy (non-hydrogen) atoms. The van der Waals surface area contributed by atoms with E-state index in [1.807, 2.05) is 0 Å². The highest BCUT2D eigenvalue weighted by molar-refractivity contribution is 7.87. The number of halogens is 6. The van der Waals surface area contributed by atoms with E-state index in [1.54, 1.807) is 0 Å². The molecule has 6 nitrogen and oxygen atoms in total. The Balaban J connectivity index is 2.50. The summed E-state index contributed by atoms with van der Waals surface area (Å²) in [5, 5.41) is 0. The van der Waals surface area contributed by atoms with Crippen molar-refractivity contribution in [3.05, 3.63) is 60.7 Å². The number of benzene rings is 2. The van der Waals surface area contributed by atoms with E-state index in [1.165, 1.54) is 12.1 Å². The smallest absolute Gasteiger partial charge is 0.250 e. The maximum absolute atomic E-state index is 13.4. The van der Waals surface area contributed by atoms with Gasteiger partial charge in [0, 0.05) is 0 Å². The van der Waals surface area contributed by atoms with Crippen LogP contribution in [0.2, 0.25) is 0 Å². The van der Waals surface area contributed by atoms with E-state index in [9.17, 15) is 43.2 Å². The second-order valence-electron chi connectivity index (χ2n) is 5.65. The molecule has 0 aliphatic rings. The number of rotatable bonds is 7. The molecule has 0 spiro atoms. The van der Waals surface area contributed by atoms with E-state index >= 15 is 0 Å². The van der Waals surface area contributed by atoms with Gasteiger partial charge in [0.25, 0.3) is 20.2 Å².